The maximum absolute atomic E-state index is 12.5. The zero-order chi connectivity index (χ0) is 17.8. The van der Waals surface area contributed by atoms with Crippen molar-refractivity contribution in [3.05, 3.63) is 47.5 Å². The molecule has 1 fully saturated rings. The molecule has 10 heteroatoms. The molecule has 3 rings (SSSR count). The zero-order valence-electron chi connectivity index (χ0n) is 13.0. The third-order valence-electron chi connectivity index (χ3n) is 3.71. The van der Waals surface area contributed by atoms with Gasteiger partial charge in [0.05, 0.1) is 0 Å². The Morgan fingerprint density at radius 1 is 1.23 bits per heavy atom. The predicted octanol–water partition coefficient (Wildman–Crippen LogP) is -0.414. The summed E-state index contributed by atoms with van der Waals surface area (Å²) in [7, 11) is 0. The topological polar surface area (TPSA) is 130 Å². The number of thiazole rings is 1. The molecular weight excluding hydrogens is 367 g/mol. The van der Waals surface area contributed by atoms with Crippen molar-refractivity contribution in [3.8, 4) is 0 Å². The van der Waals surface area contributed by atoms with E-state index in [1.54, 1.807) is 11.6 Å². The molecule has 8 nitrogen and oxygen atoms in total. The van der Waals surface area contributed by atoms with Gasteiger partial charge in [0.15, 0.2) is 5.13 Å². The number of aromatic nitrogens is 1. The summed E-state index contributed by atoms with van der Waals surface area (Å²) in [6, 6.07) is 6.69. The molecule has 2 amide bonds. The molecule has 0 aliphatic carbocycles. The van der Waals surface area contributed by atoms with Gasteiger partial charge in [-0.15, -0.1) is 11.3 Å². The van der Waals surface area contributed by atoms with E-state index in [4.69, 9.17) is 5.11 Å². The van der Waals surface area contributed by atoms with E-state index in [1.165, 1.54) is 11.3 Å². The second-order valence-electron chi connectivity index (χ2n) is 5.54. The van der Waals surface area contributed by atoms with Gasteiger partial charge in [-0.25, -0.2) is 4.98 Å². The van der Waals surface area contributed by atoms with Crippen LogP contribution in [0.3, 0.4) is 0 Å². The molecular formula is C16H17N4NaO4S. The molecule has 0 unspecified atom stereocenters. The third kappa shape index (κ3) is 5.36. The van der Waals surface area contributed by atoms with E-state index in [0.717, 1.165) is 5.56 Å². The fraction of sp³-hybridized carbons (Fsp3) is 0.250. The summed E-state index contributed by atoms with van der Waals surface area (Å²) in [5.41, 5.74) is 0.876. The summed E-state index contributed by atoms with van der Waals surface area (Å²) in [6.07, 6.45) is 1.85. The number of hydrogen-bond acceptors (Lipinski definition) is 6. The first kappa shape index (κ1) is 20.5. The number of nitrogens with zero attached hydrogens (tertiary/aromatic N) is 1. The Hall–Kier alpha value is -1.78. The number of amides is 2. The number of nitrogens with one attached hydrogen (secondary N) is 3. The zero-order valence-corrected chi connectivity index (χ0v) is 13.8. The molecule has 0 saturated carbocycles. The van der Waals surface area contributed by atoms with Gasteiger partial charge < -0.3 is 15.7 Å². The molecule has 4 N–H and O–H groups in total. The molecule has 2 heterocycles. The summed E-state index contributed by atoms with van der Waals surface area (Å²) in [5.74, 6) is -2.01. The van der Waals surface area contributed by atoms with Crippen molar-refractivity contribution < 1.29 is 19.5 Å². The first-order valence-electron chi connectivity index (χ1n) is 7.58. The fourth-order valence-corrected chi connectivity index (χ4v) is 2.91. The van der Waals surface area contributed by atoms with Crippen LogP contribution in [0, 0.1) is 0 Å². The van der Waals surface area contributed by atoms with Crippen LogP contribution in [-0.4, -0.2) is 75.6 Å². The first-order chi connectivity index (χ1) is 12.0. The number of anilines is 1. The molecule has 1 aromatic carbocycles. The quantitative estimate of drug-likeness (QED) is 0.379. The van der Waals surface area contributed by atoms with Crippen molar-refractivity contribution in [2.45, 2.75) is 24.5 Å². The minimum absolute atomic E-state index is 0. The van der Waals surface area contributed by atoms with Gasteiger partial charge in [0.1, 0.15) is 18.1 Å². The summed E-state index contributed by atoms with van der Waals surface area (Å²) in [4.78, 5) is 39.6. The number of carbonyl (C=O) groups excluding carboxylic acids is 2. The number of rotatable bonds is 7. The van der Waals surface area contributed by atoms with Crippen molar-refractivity contribution in [1.29, 1.82) is 0 Å². The Labute approximate surface area is 175 Å². The number of carboxylic acid groups (broad SMARTS) is 1. The van der Waals surface area contributed by atoms with Crippen LogP contribution < -0.4 is 16.0 Å². The summed E-state index contributed by atoms with van der Waals surface area (Å²) in [5, 5.41) is 18.9. The number of carbonyl (C=O) groups is 3. The van der Waals surface area contributed by atoms with Gasteiger partial charge >= 0.3 is 35.5 Å². The Morgan fingerprint density at radius 2 is 1.96 bits per heavy atom. The van der Waals surface area contributed by atoms with E-state index in [2.05, 4.69) is 20.9 Å². The fourth-order valence-electron chi connectivity index (χ4n) is 2.38. The molecule has 2 aromatic rings. The van der Waals surface area contributed by atoms with Gasteiger partial charge in [-0.3, -0.25) is 19.7 Å². The van der Waals surface area contributed by atoms with Gasteiger partial charge in [-0.2, -0.15) is 0 Å². The Bertz CT molecular complexity index is 772. The molecule has 132 valence electrons. The number of benzene rings is 1. The van der Waals surface area contributed by atoms with E-state index in [0.29, 0.717) is 5.13 Å². The monoisotopic (exact) mass is 384 g/mol. The van der Waals surface area contributed by atoms with Gasteiger partial charge in [-0.05, 0) is 5.56 Å². The second kappa shape index (κ2) is 9.24. The Balaban J connectivity index is 0.00000243. The van der Waals surface area contributed by atoms with Crippen LogP contribution in [0.15, 0.2) is 41.9 Å². The normalized spacial score (nSPS) is 18.9. The summed E-state index contributed by atoms with van der Waals surface area (Å²) < 4.78 is 0. The molecule has 0 spiro atoms. The van der Waals surface area contributed by atoms with E-state index in [1.807, 2.05) is 30.3 Å². The van der Waals surface area contributed by atoms with Crippen LogP contribution in [0.2, 0.25) is 0 Å². The summed E-state index contributed by atoms with van der Waals surface area (Å²) >= 11 is 1.27. The molecule has 26 heavy (non-hydrogen) atoms. The molecule has 1 saturated heterocycles. The van der Waals surface area contributed by atoms with Crippen molar-refractivity contribution in [3.63, 3.8) is 0 Å². The van der Waals surface area contributed by atoms with E-state index in [9.17, 15) is 14.4 Å². The van der Waals surface area contributed by atoms with Crippen LogP contribution in [0.5, 0.6) is 0 Å². The van der Waals surface area contributed by atoms with Crippen LogP contribution in [0.25, 0.3) is 0 Å². The first-order valence-corrected chi connectivity index (χ1v) is 8.46. The third-order valence-corrected chi connectivity index (χ3v) is 4.40. The predicted molar refractivity (Wildman–Crippen MR) is 98.3 cm³/mol. The second-order valence-corrected chi connectivity index (χ2v) is 6.43. The van der Waals surface area contributed by atoms with Gasteiger partial charge in [0.2, 0.25) is 11.8 Å². The molecule has 3 atom stereocenters. The van der Waals surface area contributed by atoms with Gasteiger partial charge in [0, 0.05) is 18.0 Å². The average Bonchev–Trinajstić information content (AvgIpc) is 3.26. The molecule has 1 aliphatic heterocycles. The SMILES string of the molecule is O=C(Nc1nccs1)[C@H](Cc1ccccc1)NC(=O)[C@H]1N[C@@H]1C(=O)O.[NaH]. The van der Waals surface area contributed by atoms with E-state index in [-0.39, 0.29) is 36.0 Å². The van der Waals surface area contributed by atoms with Gasteiger partial charge in [-0.1, -0.05) is 30.3 Å². The molecule has 0 bridgehead atoms. The van der Waals surface area contributed by atoms with Crippen LogP contribution >= 0.6 is 11.3 Å². The van der Waals surface area contributed by atoms with Crippen molar-refractivity contribution >= 4 is 63.8 Å². The van der Waals surface area contributed by atoms with Crippen LogP contribution in [0.4, 0.5) is 5.13 Å². The number of aliphatic carboxylic acids is 1. The van der Waals surface area contributed by atoms with Crippen LogP contribution in [0.1, 0.15) is 5.56 Å². The standard InChI is InChI=1S/C16H16N4O4S.Na.H/c21-13(20-16-17-6-7-25-16)10(8-9-4-2-1-3-5-9)18-14(22)11-12(19-11)15(23)24;;/h1-7,10-12,19H,8H2,(H,18,22)(H,23,24)(H,17,20,21);;/t10-,11-,12-;;/m0../s1. The van der Waals surface area contributed by atoms with E-state index >= 15 is 0 Å². The minimum atomic E-state index is -1.09. The van der Waals surface area contributed by atoms with Crippen molar-refractivity contribution in [2.24, 2.45) is 0 Å². The number of hydrogen-bond donors (Lipinski definition) is 4. The van der Waals surface area contributed by atoms with Crippen molar-refractivity contribution in [2.75, 3.05) is 5.32 Å². The Morgan fingerprint density at radius 3 is 2.54 bits per heavy atom. The average molecular weight is 384 g/mol. The van der Waals surface area contributed by atoms with Gasteiger partial charge in [0.25, 0.3) is 0 Å². The van der Waals surface area contributed by atoms with E-state index < -0.39 is 35.9 Å². The van der Waals surface area contributed by atoms with Crippen LogP contribution in [-0.2, 0) is 20.8 Å². The Kier molecular flexibility index (Phi) is 7.30. The number of carboxylic acids is 1. The molecule has 1 aromatic heterocycles. The maximum atomic E-state index is 12.5. The van der Waals surface area contributed by atoms with Crippen molar-refractivity contribution in [1.82, 2.24) is 15.6 Å². The summed E-state index contributed by atoms with van der Waals surface area (Å²) in [6.45, 7) is 0. The molecule has 1 aliphatic rings. The molecule has 0 radical (unpaired) electrons.